The lowest BCUT2D eigenvalue weighted by atomic mass is 10.0. The van der Waals surface area contributed by atoms with Gasteiger partial charge in [0.2, 0.25) is 0 Å². The molecule has 2 unspecified atom stereocenters. The van der Waals surface area contributed by atoms with E-state index in [0.717, 1.165) is 116 Å². The van der Waals surface area contributed by atoms with Crippen LogP contribution in [0.1, 0.15) is 194 Å². The first-order valence-corrected chi connectivity index (χ1v) is 26.4. The van der Waals surface area contributed by atoms with Crippen LogP contribution in [0.15, 0.2) is 109 Å². The normalized spacial score (nSPS) is 13.7. The molecule has 0 N–H and O–H groups in total. The number of carbonyl (C=O) groups is 3. The maximum atomic E-state index is 12.8. The van der Waals surface area contributed by atoms with Crippen LogP contribution in [-0.4, -0.2) is 75.5 Å². The summed E-state index contributed by atoms with van der Waals surface area (Å²) in [4.78, 5) is 37.1. The second-order valence-electron chi connectivity index (χ2n) is 18.3. The predicted octanol–water partition coefficient (Wildman–Crippen LogP) is 14.3. The van der Waals surface area contributed by atoms with Crippen LogP contribution >= 0.6 is 0 Å². The van der Waals surface area contributed by atoms with Crippen molar-refractivity contribution >= 4 is 17.9 Å². The zero-order valence-electron chi connectivity index (χ0n) is 43.3. The zero-order chi connectivity index (χ0) is 49.2. The Morgan fingerprint density at radius 3 is 1.16 bits per heavy atom. The van der Waals surface area contributed by atoms with Crippen molar-refractivity contribution < 1.29 is 38.2 Å². The van der Waals surface area contributed by atoms with Crippen LogP contribution in [0, 0.1) is 0 Å². The van der Waals surface area contributed by atoms with E-state index in [4.69, 9.17) is 14.2 Å². The van der Waals surface area contributed by atoms with Crippen molar-refractivity contribution in [3.63, 3.8) is 0 Å². The minimum Gasteiger partial charge on any atom is -0.544 e. The fourth-order valence-electron chi connectivity index (χ4n) is 7.15. The van der Waals surface area contributed by atoms with Gasteiger partial charge < -0.3 is 28.6 Å². The van der Waals surface area contributed by atoms with Gasteiger partial charge in [-0.3, -0.25) is 9.59 Å². The minimum atomic E-state index is -1.13. The van der Waals surface area contributed by atoms with Crippen LogP contribution in [0.2, 0.25) is 0 Å². The van der Waals surface area contributed by atoms with Gasteiger partial charge in [0.15, 0.2) is 6.10 Å². The number of aliphatic carboxylic acids is 1. The summed E-state index contributed by atoms with van der Waals surface area (Å²) in [6, 6.07) is -0.738. The molecule has 0 aliphatic rings. The Morgan fingerprint density at radius 2 is 0.791 bits per heavy atom. The highest BCUT2D eigenvalue weighted by Crippen LogP contribution is 2.14. The molecule has 0 saturated carbocycles. The lowest BCUT2D eigenvalue weighted by molar-refractivity contribution is -0.889. The van der Waals surface area contributed by atoms with Crippen LogP contribution in [0.25, 0.3) is 0 Å². The number of nitrogens with zero attached hydrogens (tertiary/aromatic N) is 1. The fraction of sp³-hybridized carbons (Fsp3) is 0.644. The van der Waals surface area contributed by atoms with E-state index >= 15 is 0 Å². The molecule has 0 bridgehead atoms. The van der Waals surface area contributed by atoms with E-state index in [1.807, 2.05) is 0 Å². The summed E-state index contributed by atoms with van der Waals surface area (Å²) in [5.74, 6) is -1.78. The van der Waals surface area contributed by atoms with E-state index < -0.39 is 18.1 Å². The number of esters is 2. The molecule has 0 amide bonds. The highest BCUT2D eigenvalue weighted by molar-refractivity contribution is 5.70. The average Bonchev–Trinajstić information content (AvgIpc) is 3.29. The smallest absolute Gasteiger partial charge is 0.306 e. The standard InChI is InChI=1S/C59H97NO7/c1-6-8-10-12-14-16-18-20-22-24-26-28-29-30-32-34-36-38-40-42-44-46-48-50-58(62)67-55(53-65-52-51-56(59(63)64)60(3,4)5)54-66-57(61)49-47-45-43-41-39-37-35-33-31-27-25-23-21-19-17-15-13-11-9-7-2/h8-11,14-17,20-23,26-28,31,35,37,55-56H,6-7,12-13,18-19,24-25,29-30,32-34,36,38-54H2,1-5H3/b10-8+,11-9+,16-14+,17-15+,22-20+,23-21+,28-26+,31-27+,37-35+. The number of rotatable bonds is 46. The Hall–Kier alpha value is -4.01. The number of hydrogen-bond acceptors (Lipinski definition) is 7. The average molecular weight is 932 g/mol. The third-order valence-corrected chi connectivity index (χ3v) is 11.2. The summed E-state index contributed by atoms with van der Waals surface area (Å²) in [6.07, 6.45) is 66.9. The maximum absolute atomic E-state index is 12.8. The van der Waals surface area contributed by atoms with E-state index in [1.54, 1.807) is 21.1 Å². The highest BCUT2D eigenvalue weighted by Gasteiger charge is 2.25. The van der Waals surface area contributed by atoms with Gasteiger partial charge >= 0.3 is 11.9 Å². The molecular formula is C59H97NO7. The molecule has 8 nitrogen and oxygen atoms in total. The third-order valence-electron chi connectivity index (χ3n) is 11.2. The number of unbranched alkanes of at least 4 members (excludes halogenated alkanes) is 14. The van der Waals surface area contributed by atoms with Gasteiger partial charge in [0.1, 0.15) is 12.6 Å². The van der Waals surface area contributed by atoms with Gasteiger partial charge in [0, 0.05) is 19.3 Å². The summed E-state index contributed by atoms with van der Waals surface area (Å²) in [5.41, 5.74) is 0. The minimum absolute atomic E-state index is 0.0240. The van der Waals surface area contributed by atoms with E-state index in [0.29, 0.717) is 12.8 Å². The van der Waals surface area contributed by atoms with Crippen molar-refractivity contribution in [2.24, 2.45) is 0 Å². The molecule has 0 spiro atoms. The summed E-state index contributed by atoms with van der Waals surface area (Å²) in [7, 11) is 5.40. The van der Waals surface area contributed by atoms with Crippen molar-refractivity contribution in [1.29, 1.82) is 0 Å². The Morgan fingerprint density at radius 1 is 0.448 bits per heavy atom. The van der Waals surface area contributed by atoms with Crippen molar-refractivity contribution in [1.82, 2.24) is 0 Å². The van der Waals surface area contributed by atoms with Crippen molar-refractivity contribution in [2.75, 3.05) is 41.0 Å². The Balaban J connectivity index is 4.30. The molecule has 8 heteroatoms. The van der Waals surface area contributed by atoms with Crippen LogP contribution in [0.5, 0.6) is 0 Å². The van der Waals surface area contributed by atoms with Crippen LogP contribution in [0.4, 0.5) is 0 Å². The molecule has 380 valence electrons. The van der Waals surface area contributed by atoms with Crippen LogP contribution < -0.4 is 5.11 Å². The molecule has 0 aromatic heterocycles. The molecule has 0 saturated heterocycles. The summed E-state index contributed by atoms with van der Waals surface area (Å²) >= 11 is 0. The fourth-order valence-corrected chi connectivity index (χ4v) is 7.15. The van der Waals surface area contributed by atoms with Crippen LogP contribution in [-0.2, 0) is 28.6 Å². The molecule has 2 atom stereocenters. The van der Waals surface area contributed by atoms with E-state index in [2.05, 4.69) is 123 Å². The summed E-state index contributed by atoms with van der Waals surface area (Å²) < 4.78 is 17.2. The van der Waals surface area contributed by atoms with Crippen LogP contribution in [0.3, 0.4) is 0 Å². The lowest BCUT2D eigenvalue weighted by Gasteiger charge is -2.34. The topological polar surface area (TPSA) is 102 Å². The molecule has 0 radical (unpaired) electrons. The predicted molar refractivity (Wildman–Crippen MR) is 281 cm³/mol. The van der Waals surface area contributed by atoms with Gasteiger partial charge in [0.05, 0.1) is 40.3 Å². The Kier molecular flexibility index (Phi) is 45.5. The molecule has 0 fully saturated rings. The number of carboxylic acid groups (broad SMARTS) is 1. The second kappa shape index (κ2) is 48.4. The largest absolute Gasteiger partial charge is 0.544 e. The monoisotopic (exact) mass is 932 g/mol. The van der Waals surface area contributed by atoms with E-state index in [1.165, 1.54) is 44.9 Å². The van der Waals surface area contributed by atoms with Gasteiger partial charge in [-0.1, -0.05) is 187 Å². The van der Waals surface area contributed by atoms with Gasteiger partial charge in [-0.25, -0.2) is 0 Å². The number of allylic oxidation sites excluding steroid dienone is 18. The first-order chi connectivity index (χ1) is 32.6. The van der Waals surface area contributed by atoms with Crippen molar-refractivity contribution in [2.45, 2.75) is 206 Å². The molecular weight excluding hydrogens is 835 g/mol. The molecule has 0 heterocycles. The molecule has 0 aliphatic heterocycles. The van der Waals surface area contributed by atoms with Gasteiger partial charge in [0.25, 0.3) is 0 Å². The van der Waals surface area contributed by atoms with E-state index in [-0.39, 0.29) is 42.7 Å². The lowest BCUT2D eigenvalue weighted by Crippen LogP contribution is -2.55. The first kappa shape index (κ1) is 63.0. The quantitative estimate of drug-likeness (QED) is 0.0259. The summed E-state index contributed by atoms with van der Waals surface area (Å²) in [6.45, 7) is 4.40. The highest BCUT2D eigenvalue weighted by atomic mass is 16.6. The number of carboxylic acids is 1. The Bertz CT molecular complexity index is 1460. The summed E-state index contributed by atoms with van der Waals surface area (Å²) in [5, 5.41) is 11.7. The van der Waals surface area contributed by atoms with Gasteiger partial charge in [-0.2, -0.15) is 0 Å². The van der Waals surface area contributed by atoms with Crippen molar-refractivity contribution in [3.8, 4) is 0 Å². The molecule has 0 aromatic carbocycles. The number of quaternary nitrogens is 1. The number of ether oxygens (including phenoxy) is 3. The van der Waals surface area contributed by atoms with E-state index in [9.17, 15) is 19.5 Å². The molecule has 0 aromatic rings. The zero-order valence-corrected chi connectivity index (χ0v) is 43.3. The third kappa shape index (κ3) is 46.9. The number of carbonyl (C=O) groups excluding carboxylic acids is 3. The molecule has 0 rings (SSSR count). The van der Waals surface area contributed by atoms with Gasteiger partial charge in [-0.05, 0) is 96.3 Å². The number of hydrogen-bond donors (Lipinski definition) is 0. The molecule has 67 heavy (non-hydrogen) atoms. The van der Waals surface area contributed by atoms with Crippen molar-refractivity contribution in [3.05, 3.63) is 109 Å². The first-order valence-electron chi connectivity index (χ1n) is 26.4. The Labute approximate surface area is 410 Å². The van der Waals surface area contributed by atoms with Gasteiger partial charge in [-0.15, -0.1) is 0 Å². The second-order valence-corrected chi connectivity index (χ2v) is 18.3. The maximum Gasteiger partial charge on any atom is 0.306 e. The SMILES string of the molecule is CC/C=C/C/C=C/C/C=C/C/C=C/C/C=C/CCCCCCC(=O)OCC(COCCC(C(=O)[O-])[N+](C)(C)C)OC(=O)CCCCCCCCCCCC/C=C/C/C=C/C/C=C/C/C=C/CC. The molecule has 0 aliphatic carbocycles. The number of likely N-dealkylation sites (N-methyl/N-ethyl adjacent to an activating group) is 1.